The van der Waals surface area contributed by atoms with Crippen molar-refractivity contribution in [3.05, 3.63) is 47.5 Å². The molecule has 1 aromatic heterocycles. The molecule has 102 valence electrons. The van der Waals surface area contributed by atoms with Crippen LogP contribution in [0.3, 0.4) is 0 Å². The van der Waals surface area contributed by atoms with Gasteiger partial charge in [0.25, 0.3) is 0 Å². The average molecular weight is 267 g/mol. The highest BCUT2D eigenvalue weighted by atomic mass is 16.5. The molecule has 4 nitrogen and oxygen atoms in total. The quantitative estimate of drug-likeness (QED) is 0.756. The van der Waals surface area contributed by atoms with Crippen LogP contribution in [0.5, 0.6) is 5.75 Å². The molecule has 0 aliphatic heterocycles. The summed E-state index contributed by atoms with van der Waals surface area (Å²) < 4.78 is 5.14. The van der Waals surface area contributed by atoms with Crippen molar-refractivity contribution < 1.29 is 4.74 Å². The van der Waals surface area contributed by atoms with Gasteiger partial charge in [-0.2, -0.15) is 0 Å². The lowest BCUT2D eigenvalue weighted by Crippen LogP contribution is -1.92. The zero-order chi connectivity index (χ0) is 14.1. The molecule has 2 N–H and O–H groups in total. The molecule has 0 radical (unpaired) electrons. The third-order valence-corrected chi connectivity index (χ3v) is 3.45. The molecule has 0 spiro atoms. The van der Waals surface area contributed by atoms with Crippen molar-refractivity contribution in [2.24, 2.45) is 0 Å². The van der Waals surface area contributed by atoms with Crippen LogP contribution in [0, 0.1) is 13.8 Å². The Morgan fingerprint density at radius 3 is 2.45 bits per heavy atom. The maximum Gasteiger partial charge on any atom is 0.205 e. The number of hydrogen-bond acceptors (Lipinski definition) is 3. The second kappa shape index (κ2) is 4.89. The van der Waals surface area contributed by atoms with Crippen LogP contribution in [-0.4, -0.2) is 17.1 Å². The highest BCUT2D eigenvalue weighted by molar-refractivity contribution is 5.80. The molecule has 3 aromatic rings. The molecule has 3 rings (SSSR count). The number of hydrogen-bond donors (Lipinski definition) is 2. The van der Waals surface area contributed by atoms with Crippen LogP contribution in [0.2, 0.25) is 0 Å². The zero-order valence-corrected chi connectivity index (χ0v) is 11.8. The Labute approximate surface area is 117 Å². The van der Waals surface area contributed by atoms with E-state index in [4.69, 9.17) is 4.74 Å². The summed E-state index contributed by atoms with van der Waals surface area (Å²) in [4.78, 5) is 7.84. The van der Waals surface area contributed by atoms with E-state index in [0.29, 0.717) is 0 Å². The third kappa shape index (κ3) is 2.32. The molecule has 0 amide bonds. The number of ether oxygens (including phenoxy) is 1. The smallest absolute Gasteiger partial charge is 0.205 e. The Balaban J connectivity index is 1.90. The van der Waals surface area contributed by atoms with Crippen LogP contribution < -0.4 is 10.1 Å². The molecule has 20 heavy (non-hydrogen) atoms. The Morgan fingerprint density at radius 2 is 1.75 bits per heavy atom. The zero-order valence-electron chi connectivity index (χ0n) is 11.8. The van der Waals surface area contributed by atoms with Crippen molar-refractivity contribution in [2.45, 2.75) is 13.8 Å². The molecule has 0 bridgehead atoms. The molecule has 0 aliphatic rings. The van der Waals surface area contributed by atoms with Crippen LogP contribution in [-0.2, 0) is 0 Å². The van der Waals surface area contributed by atoms with Crippen molar-refractivity contribution in [1.82, 2.24) is 9.97 Å². The number of fused-ring (bicyclic) bond motifs is 1. The Bertz CT molecular complexity index is 705. The van der Waals surface area contributed by atoms with Gasteiger partial charge in [-0.05, 0) is 61.4 Å². The highest BCUT2D eigenvalue weighted by Crippen LogP contribution is 2.22. The molecule has 0 saturated heterocycles. The fourth-order valence-corrected chi connectivity index (χ4v) is 2.14. The first-order valence-corrected chi connectivity index (χ1v) is 6.54. The third-order valence-electron chi connectivity index (χ3n) is 3.45. The summed E-state index contributed by atoms with van der Waals surface area (Å²) in [5.41, 5.74) is 5.50. The normalized spacial score (nSPS) is 10.8. The number of methoxy groups -OCH3 is 1. The maximum absolute atomic E-state index is 5.14. The van der Waals surface area contributed by atoms with Gasteiger partial charge in [-0.1, -0.05) is 0 Å². The van der Waals surface area contributed by atoms with Gasteiger partial charge in [0.05, 0.1) is 18.1 Å². The second-order valence-corrected chi connectivity index (χ2v) is 4.89. The second-order valence-electron chi connectivity index (χ2n) is 4.89. The van der Waals surface area contributed by atoms with Gasteiger partial charge in [-0.3, -0.25) is 0 Å². The number of anilines is 2. The first kappa shape index (κ1) is 12.5. The molecule has 0 unspecified atom stereocenters. The highest BCUT2D eigenvalue weighted by Gasteiger charge is 2.05. The number of H-pyrrole nitrogens is 1. The predicted molar refractivity (Wildman–Crippen MR) is 81.8 cm³/mol. The average Bonchev–Trinajstić information content (AvgIpc) is 2.81. The number of aromatic nitrogens is 2. The largest absolute Gasteiger partial charge is 0.497 e. The molecule has 0 aliphatic carbocycles. The van der Waals surface area contributed by atoms with E-state index in [0.717, 1.165) is 28.4 Å². The monoisotopic (exact) mass is 267 g/mol. The number of aryl methyl sites for hydroxylation is 2. The van der Waals surface area contributed by atoms with Crippen molar-refractivity contribution >= 4 is 22.7 Å². The van der Waals surface area contributed by atoms with Gasteiger partial charge in [-0.25, -0.2) is 4.98 Å². The summed E-state index contributed by atoms with van der Waals surface area (Å²) in [6.07, 6.45) is 0. The van der Waals surface area contributed by atoms with Gasteiger partial charge in [0.2, 0.25) is 5.95 Å². The van der Waals surface area contributed by atoms with Crippen molar-refractivity contribution in [3.8, 4) is 5.75 Å². The summed E-state index contributed by atoms with van der Waals surface area (Å²) in [5.74, 6) is 1.58. The number of rotatable bonds is 3. The van der Waals surface area contributed by atoms with Crippen LogP contribution in [0.4, 0.5) is 11.6 Å². The van der Waals surface area contributed by atoms with Gasteiger partial charge < -0.3 is 15.0 Å². The van der Waals surface area contributed by atoms with E-state index < -0.39 is 0 Å². The SMILES string of the molecule is COc1ccc(Nc2nc3cc(C)c(C)cc3[nH]2)cc1. The first-order valence-electron chi connectivity index (χ1n) is 6.54. The molecule has 0 atom stereocenters. The lowest BCUT2D eigenvalue weighted by atomic mass is 10.1. The minimum atomic E-state index is 0.746. The van der Waals surface area contributed by atoms with Crippen molar-refractivity contribution in [3.63, 3.8) is 0 Å². The topological polar surface area (TPSA) is 49.9 Å². The number of aromatic amines is 1. The number of imidazole rings is 1. The molecular weight excluding hydrogens is 250 g/mol. The molecule has 0 saturated carbocycles. The molecule has 4 heteroatoms. The van der Waals surface area contributed by atoms with Crippen LogP contribution >= 0.6 is 0 Å². The van der Waals surface area contributed by atoms with E-state index in [1.165, 1.54) is 11.1 Å². The van der Waals surface area contributed by atoms with Gasteiger partial charge in [0.15, 0.2) is 0 Å². The summed E-state index contributed by atoms with van der Waals surface area (Å²) in [6.45, 7) is 4.20. The van der Waals surface area contributed by atoms with E-state index in [9.17, 15) is 0 Å². The lowest BCUT2D eigenvalue weighted by molar-refractivity contribution is 0.415. The first-order chi connectivity index (χ1) is 9.65. The minimum absolute atomic E-state index is 0.746. The summed E-state index contributed by atoms with van der Waals surface area (Å²) in [7, 11) is 1.66. The summed E-state index contributed by atoms with van der Waals surface area (Å²) in [5, 5.41) is 3.26. The molecule has 0 fully saturated rings. The van der Waals surface area contributed by atoms with Gasteiger partial charge in [0.1, 0.15) is 5.75 Å². The van der Waals surface area contributed by atoms with E-state index in [-0.39, 0.29) is 0 Å². The Hall–Kier alpha value is -2.49. The predicted octanol–water partition coefficient (Wildman–Crippen LogP) is 3.93. The number of nitrogens with zero attached hydrogens (tertiary/aromatic N) is 1. The van der Waals surface area contributed by atoms with Crippen molar-refractivity contribution in [2.75, 3.05) is 12.4 Å². The maximum atomic E-state index is 5.14. The molecule has 2 aromatic carbocycles. The standard InChI is InChI=1S/C16H17N3O/c1-10-8-14-15(9-11(10)2)19-16(18-14)17-12-4-6-13(20-3)7-5-12/h4-9H,1-3H3,(H2,17,18,19). The Kier molecular flexibility index (Phi) is 3.06. The Morgan fingerprint density at radius 1 is 1.05 bits per heavy atom. The van der Waals surface area contributed by atoms with E-state index in [1.54, 1.807) is 7.11 Å². The van der Waals surface area contributed by atoms with Crippen molar-refractivity contribution in [1.29, 1.82) is 0 Å². The fourth-order valence-electron chi connectivity index (χ4n) is 2.14. The van der Waals surface area contributed by atoms with E-state index in [2.05, 4.69) is 41.3 Å². The summed E-state index contributed by atoms with van der Waals surface area (Å²) in [6, 6.07) is 12.0. The van der Waals surface area contributed by atoms with Gasteiger partial charge >= 0.3 is 0 Å². The fraction of sp³-hybridized carbons (Fsp3) is 0.188. The lowest BCUT2D eigenvalue weighted by Gasteiger charge is -2.03. The van der Waals surface area contributed by atoms with Gasteiger partial charge in [-0.15, -0.1) is 0 Å². The number of nitrogens with one attached hydrogen (secondary N) is 2. The summed E-state index contributed by atoms with van der Waals surface area (Å²) >= 11 is 0. The van der Waals surface area contributed by atoms with Gasteiger partial charge in [0, 0.05) is 5.69 Å². The van der Waals surface area contributed by atoms with E-state index >= 15 is 0 Å². The number of benzene rings is 2. The molecule has 1 heterocycles. The van der Waals surface area contributed by atoms with Crippen LogP contribution in [0.1, 0.15) is 11.1 Å². The minimum Gasteiger partial charge on any atom is -0.497 e. The van der Waals surface area contributed by atoms with Crippen LogP contribution in [0.25, 0.3) is 11.0 Å². The van der Waals surface area contributed by atoms with E-state index in [1.807, 2.05) is 24.3 Å². The van der Waals surface area contributed by atoms with Crippen LogP contribution in [0.15, 0.2) is 36.4 Å². The molecular formula is C16H17N3O.